The van der Waals surface area contributed by atoms with Crippen molar-refractivity contribution in [3.05, 3.63) is 34.1 Å². The Morgan fingerprint density at radius 1 is 1.00 bits per heavy atom. The number of hydrogen-bond donors (Lipinski definition) is 0. The maximum Gasteiger partial charge on any atom is 0.123 e. The standard InChI is InChI=1S/C24H37BrFN3/c1-27-18-29(22-5-3-2-4-6-22)14-11-23(27)17-28-12-9-19(10-13-28)15-20-16-21(26)7-8-24(20)25/h7-8,16,19,22-23H,2-6,9-15,17-18H2,1H3. The first-order chi connectivity index (χ1) is 14.1. The molecule has 1 aromatic rings. The quantitative estimate of drug-likeness (QED) is 0.595. The van der Waals surface area contributed by atoms with Crippen LogP contribution in [0.25, 0.3) is 0 Å². The van der Waals surface area contributed by atoms with Gasteiger partial charge in [0.1, 0.15) is 5.82 Å². The number of halogens is 2. The molecule has 3 nitrogen and oxygen atoms in total. The number of hydrogen-bond acceptors (Lipinski definition) is 3. The maximum atomic E-state index is 13.6. The number of likely N-dealkylation sites (N-methyl/N-ethyl adjacent to an activating group) is 1. The molecule has 0 bridgehead atoms. The van der Waals surface area contributed by atoms with E-state index >= 15 is 0 Å². The van der Waals surface area contributed by atoms with Crippen molar-refractivity contribution in [1.82, 2.24) is 14.7 Å². The smallest absolute Gasteiger partial charge is 0.123 e. The molecule has 0 N–H and O–H groups in total. The van der Waals surface area contributed by atoms with Crippen LogP contribution in [-0.4, -0.2) is 66.7 Å². The number of piperidine rings is 1. The highest BCUT2D eigenvalue weighted by molar-refractivity contribution is 9.10. The molecule has 4 rings (SSSR count). The van der Waals surface area contributed by atoms with E-state index in [1.54, 1.807) is 6.07 Å². The Morgan fingerprint density at radius 2 is 1.76 bits per heavy atom. The molecule has 2 saturated heterocycles. The summed E-state index contributed by atoms with van der Waals surface area (Å²) in [5.74, 6) is 0.554. The van der Waals surface area contributed by atoms with Crippen LogP contribution in [0.5, 0.6) is 0 Å². The topological polar surface area (TPSA) is 9.72 Å². The van der Waals surface area contributed by atoms with Crippen molar-refractivity contribution in [2.24, 2.45) is 5.92 Å². The molecule has 2 heterocycles. The lowest BCUT2D eigenvalue weighted by atomic mass is 9.89. The van der Waals surface area contributed by atoms with E-state index in [2.05, 4.69) is 37.7 Å². The van der Waals surface area contributed by atoms with E-state index in [1.165, 1.54) is 83.6 Å². The lowest BCUT2D eigenvalue weighted by molar-refractivity contribution is 0.00326. The molecule has 3 aliphatic rings. The normalized spacial score (nSPS) is 26.8. The fourth-order valence-corrected chi connectivity index (χ4v) is 6.07. The van der Waals surface area contributed by atoms with E-state index in [4.69, 9.17) is 0 Å². The van der Waals surface area contributed by atoms with Gasteiger partial charge in [-0.15, -0.1) is 0 Å². The van der Waals surface area contributed by atoms with E-state index in [0.717, 1.165) is 29.2 Å². The Morgan fingerprint density at radius 3 is 2.48 bits per heavy atom. The third-order valence-electron chi connectivity index (χ3n) is 7.56. The predicted molar refractivity (Wildman–Crippen MR) is 122 cm³/mol. The second-order valence-corrected chi connectivity index (χ2v) is 10.5. The van der Waals surface area contributed by atoms with Crippen LogP contribution in [0.4, 0.5) is 4.39 Å². The lowest BCUT2D eigenvalue weighted by Gasteiger charge is -2.46. The van der Waals surface area contributed by atoms with Crippen LogP contribution < -0.4 is 0 Å². The summed E-state index contributed by atoms with van der Waals surface area (Å²) >= 11 is 3.59. The van der Waals surface area contributed by atoms with Crippen molar-refractivity contribution in [3.63, 3.8) is 0 Å². The zero-order valence-corrected chi connectivity index (χ0v) is 19.5. The van der Waals surface area contributed by atoms with Gasteiger partial charge < -0.3 is 4.90 Å². The zero-order valence-electron chi connectivity index (χ0n) is 18.0. The molecular weight excluding hydrogens is 429 g/mol. The second-order valence-electron chi connectivity index (χ2n) is 9.63. The second kappa shape index (κ2) is 10.2. The van der Waals surface area contributed by atoms with E-state index < -0.39 is 0 Å². The van der Waals surface area contributed by atoms with Gasteiger partial charge >= 0.3 is 0 Å². The van der Waals surface area contributed by atoms with Gasteiger partial charge in [0.2, 0.25) is 0 Å². The zero-order chi connectivity index (χ0) is 20.2. The van der Waals surface area contributed by atoms with Crippen LogP contribution in [0.1, 0.15) is 56.9 Å². The minimum Gasteiger partial charge on any atom is -0.302 e. The third-order valence-corrected chi connectivity index (χ3v) is 8.33. The molecule has 1 atom stereocenters. The average Bonchev–Trinajstić information content (AvgIpc) is 2.74. The Bertz CT molecular complexity index is 656. The summed E-state index contributed by atoms with van der Waals surface area (Å²) < 4.78 is 14.6. The molecule has 29 heavy (non-hydrogen) atoms. The van der Waals surface area contributed by atoms with Gasteiger partial charge in [-0.2, -0.15) is 0 Å². The molecule has 162 valence electrons. The maximum absolute atomic E-state index is 13.6. The molecule has 3 fully saturated rings. The molecule has 5 heteroatoms. The summed E-state index contributed by atoms with van der Waals surface area (Å²) in [6.45, 7) is 6.02. The summed E-state index contributed by atoms with van der Waals surface area (Å²) in [7, 11) is 2.33. The van der Waals surface area contributed by atoms with Gasteiger partial charge in [-0.05, 0) is 88.3 Å². The molecule has 1 aliphatic carbocycles. The molecule has 1 saturated carbocycles. The number of rotatable bonds is 5. The largest absolute Gasteiger partial charge is 0.302 e. The first-order valence-corrected chi connectivity index (χ1v) is 12.5. The van der Waals surface area contributed by atoms with Gasteiger partial charge in [-0.3, -0.25) is 9.80 Å². The van der Waals surface area contributed by atoms with E-state index in [-0.39, 0.29) is 5.82 Å². The van der Waals surface area contributed by atoms with Crippen molar-refractivity contribution in [2.45, 2.75) is 69.9 Å². The molecule has 0 spiro atoms. The molecule has 0 radical (unpaired) electrons. The van der Waals surface area contributed by atoms with E-state index in [0.29, 0.717) is 12.0 Å². The Hall–Kier alpha value is -0.490. The van der Waals surface area contributed by atoms with Crippen LogP contribution in [0.15, 0.2) is 22.7 Å². The monoisotopic (exact) mass is 465 g/mol. The van der Waals surface area contributed by atoms with E-state index in [1.807, 2.05) is 6.07 Å². The van der Waals surface area contributed by atoms with Gasteiger partial charge in [0, 0.05) is 29.6 Å². The summed E-state index contributed by atoms with van der Waals surface area (Å²) in [4.78, 5) is 8.03. The third kappa shape index (κ3) is 5.81. The highest BCUT2D eigenvalue weighted by Gasteiger charge is 2.31. The first kappa shape index (κ1) is 21.7. The van der Waals surface area contributed by atoms with Crippen LogP contribution in [-0.2, 0) is 6.42 Å². The Labute approximate surface area is 184 Å². The fraction of sp³-hybridized carbons (Fsp3) is 0.750. The predicted octanol–water partition coefficient (Wildman–Crippen LogP) is 5.14. The Kier molecular flexibility index (Phi) is 7.65. The molecule has 2 aliphatic heterocycles. The molecule has 1 aromatic carbocycles. The number of likely N-dealkylation sites (tertiary alicyclic amines) is 1. The summed E-state index contributed by atoms with van der Waals surface area (Å²) in [6.07, 6.45) is 11.9. The molecular formula is C24H37BrFN3. The summed E-state index contributed by atoms with van der Waals surface area (Å²) in [5.41, 5.74) is 1.12. The fourth-order valence-electron chi connectivity index (χ4n) is 5.66. The summed E-state index contributed by atoms with van der Waals surface area (Å²) in [5, 5.41) is 0. The molecule has 0 amide bonds. The lowest BCUT2D eigenvalue weighted by Crippen LogP contribution is -2.56. The molecule has 0 aromatic heterocycles. The number of benzene rings is 1. The van der Waals surface area contributed by atoms with Crippen molar-refractivity contribution >= 4 is 15.9 Å². The highest BCUT2D eigenvalue weighted by Crippen LogP contribution is 2.28. The van der Waals surface area contributed by atoms with Crippen molar-refractivity contribution < 1.29 is 4.39 Å². The van der Waals surface area contributed by atoms with Crippen LogP contribution in [0.2, 0.25) is 0 Å². The van der Waals surface area contributed by atoms with Crippen molar-refractivity contribution in [3.8, 4) is 0 Å². The van der Waals surface area contributed by atoms with Gasteiger partial charge in [-0.1, -0.05) is 35.2 Å². The Balaban J connectivity index is 1.21. The minimum absolute atomic E-state index is 0.122. The summed E-state index contributed by atoms with van der Waals surface area (Å²) in [6, 6.07) is 6.61. The van der Waals surface area contributed by atoms with Gasteiger partial charge in [-0.25, -0.2) is 4.39 Å². The van der Waals surface area contributed by atoms with Gasteiger partial charge in [0.15, 0.2) is 0 Å². The van der Waals surface area contributed by atoms with Gasteiger partial charge in [0.25, 0.3) is 0 Å². The van der Waals surface area contributed by atoms with Crippen LogP contribution >= 0.6 is 15.9 Å². The molecule has 1 unspecified atom stereocenters. The minimum atomic E-state index is -0.122. The van der Waals surface area contributed by atoms with Crippen molar-refractivity contribution in [1.29, 1.82) is 0 Å². The highest BCUT2D eigenvalue weighted by atomic mass is 79.9. The van der Waals surface area contributed by atoms with Crippen molar-refractivity contribution in [2.75, 3.05) is 39.9 Å². The average molecular weight is 466 g/mol. The first-order valence-electron chi connectivity index (χ1n) is 11.7. The number of nitrogens with zero attached hydrogens (tertiary/aromatic N) is 3. The SMILES string of the molecule is CN1CN(C2CCCCC2)CCC1CN1CCC(Cc2cc(F)ccc2Br)CC1. The van der Waals surface area contributed by atoms with E-state index in [9.17, 15) is 4.39 Å². The van der Waals surface area contributed by atoms with Crippen LogP contribution in [0, 0.1) is 11.7 Å². The van der Waals surface area contributed by atoms with Gasteiger partial charge in [0.05, 0.1) is 6.67 Å². The van der Waals surface area contributed by atoms with Crippen LogP contribution in [0.3, 0.4) is 0 Å².